The van der Waals surface area contributed by atoms with E-state index in [1.165, 1.54) is 16.5 Å². The number of fused-ring (bicyclic) bond motifs is 1. The third-order valence-electron chi connectivity index (χ3n) is 3.28. The number of benzene rings is 1. The van der Waals surface area contributed by atoms with E-state index in [-0.39, 0.29) is 6.04 Å². The fraction of sp³-hybridized carbons (Fsp3) is 0.214. The first-order chi connectivity index (χ1) is 9.17. The van der Waals surface area contributed by atoms with Gasteiger partial charge in [0.15, 0.2) is 0 Å². The van der Waals surface area contributed by atoms with Crippen LogP contribution in [0.2, 0.25) is 4.34 Å². The van der Waals surface area contributed by atoms with Crippen LogP contribution >= 0.6 is 22.9 Å². The number of hydrogen-bond donors (Lipinski definition) is 1. The molecular formula is C14H10ClFN2S. The quantitative estimate of drug-likeness (QED) is 0.884. The minimum atomic E-state index is -0.395. The van der Waals surface area contributed by atoms with Crippen molar-refractivity contribution >= 4 is 28.6 Å². The lowest BCUT2D eigenvalue weighted by molar-refractivity contribution is 0.624. The summed E-state index contributed by atoms with van der Waals surface area (Å²) in [6.45, 7) is 0. The van der Waals surface area contributed by atoms with E-state index in [1.807, 2.05) is 12.1 Å². The Morgan fingerprint density at radius 3 is 3.00 bits per heavy atom. The maximum absolute atomic E-state index is 13.8. The van der Waals surface area contributed by atoms with Gasteiger partial charge in [0.25, 0.3) is 0 Å². The normalized spacial score (nSPS) is 17.0. The molecule has 5 heteroatoms. The van der Waals surface area contributed by atoms with Crippen LogP contribution in [0.25, 0.3) is 0 Å². The van der Waals surface area contributed by atoms with Crippen LogP contribution < -0.4 is 5.32 Å². The van der Waals surface area contributed by atoms with Crippen molar-refractivity contribution in [2.75, 3.05) is 5.32 Å². The fourth-order valence-electron chi connectivity index (χ4n) is 2.37. The largest absolute Gasteiger partial charge is 0.376 e. The molecule has 0 radical (unpaired) electrons. The summed E-state index contributed by atoms with van der Waals surface area (Å²) < 4.78 is 14.6. The first-order valence-corrected chi connectivity index (χ1v) is 7.11. The molecular weight excluding hydrogens is 283 g/mol. The Labute approximate surface area is 119 Å². The molecule has 2 aromatic rings. The first-order valence-electron chi connectivity index (χ1n) is 5.91. The second-order valence-electron chi connectivity index (χ2n) is 4.47. The van der Waals surface area contributed by atoms with Gasteiger partial charge >= 0.3 is 0 Å². The van der Waals surface area contributed by atoms with E-state index in [9.17, 15) is 4.39 Å². The van der Waals surface area contributed by atoms with Crippen molar-refractivity contribution in [3.63, 3.8) is 0 Å². The van der Waals surface area contributed by atoms with Gasteiger partial charge in [-0.1, -0.05) is 11.6 Å². The Morgan fingerprint density at radius 2 is 2.26 bits per heavy atom. The summed E-state index contributed by atoms with van der Waals surface area (Å²) in [4.78, 5) is 1.27. The average molecular weight is 293 g/mol. The topological polar surface area (TPSA) is 35.8 Å². The Bertz CT molecular complexity index is 675. The van der Waals surface area contributed by atoms with Gasteiger partial charge in [0, 0.05) is 4.88 Å². The summed E-state index contributed by atoms with van der Waals surface area (Å²) in [7, 11) is 0. The average Bonchev–Trinajstić information content (AvgIpc) is 2.92. The van der Waals surface area contributed by atoms with E-state index in [2.05, 4.69) is 5.32 Å². The molecule has 0 fully saturated rings. The summed E-state index contributed by atoms with van der Waals surface area (Å²) in [6, 6.07) is 8.45. The molecule has 1 aliphatic rings. The van der Waals surface area contributed by atoms with Gasteiger partial charge in [-0.3, -0.25) is 0 Å². The lowest BCUT2D eigenvalue weighted by Crippen LogP contribution is -2.08. The molecule has 1 atom stereocenters. The first kappa shape index (κ1) is 12.5. The second-order valence-corrected chi connectivity index (χ2v) is 6.24. The third-order valence-corrected chi connectivity index (χ3v) is 4.61. The van der Waals surface area contributed by atoms with Crippen LogP contribution in [0, 0.1) is 17.1 Å². The number of anilines is 1. The highest BCUT2D eigenvalue weighted by Gasteiger charge is 2.25. The SMILES string of the molecule is N#Cc1ccc(NC2CCc3sc(Cl)cc32)c(F)c1. The smallest absolute Gasteiger partial charge is 0.147 e. The minimum absolute atomic E-state index is 0.0983. The van der Waals surface area contributed by atoms with Crippen molar-refractivity contribution in [1.82, 2.24) is 0 Å². The van der Waals surface area contributed by atoms with Crippen molar-refractivity contribution in [2.45, 2.75) is 18.9 Å². The molecule has 1 aliphatic carbocycles. The maximum Gasteiger partial charge on any atom is 0.147 e. The minimum Gasteiger partial charge on any atom is -0.376 e. The molecule has 0 spiro atoms. The molecule has 0 saturated heterocycles. The summed E-state index contributed by atoms with van der Waals surface area (Å²) in [5.74, 6) is -0.395. The van der Waals surface area contributed by atoms with Gasteiger partial charge in [-0.05, 0) is 42.7 Å². The van der Waals surface area contributed by atoms with Gasteiger partial charge in [-0.15, -0.1) is 11.3 Å². The van der Waals surface area contributed by atoms with Gasteiger partial charge in [0.2, 0.25) is 0 Å². The Kier molecular flexibility index (Phi) is 3.17. The van der Waals surface area contributed by atoms with E-state index < -0.39 is 5.82 Å². The number of aryl methyl sites for hydroxylation is 1. The predicted molar refractivity (Wildman–Crippen MR) is 75.1 cm³/mol. The number of rotatable bonds is 2. The van der Waals surface area contributed by atoms with E-state index in [0.29, 0.717) is 11.3 Å². The molecule has 2 nitrogen and oxygen atoms in total. The molecule has 19 heavy (non-hydrogen) atoms. The Hall–Kier alpha value is -1.57. The van der Waals surface area contributed by atoms with Gasteiger partial charge < -0.3 is 5.32 Å². The summed E-state index contributed by atoms with van der Waals surface area (Å²) >= 11 is 7.59. The Balaban J connectivity index is 1.85. The molecule has 96 valence electrons. The van der Waals surface area contributed by atoms with Crippen LogP contribution in [0.5, 0.6) is 0 Å². The highest BCUT2D eigenvalue weighted by atomic mass is 35.5. The highest BCUT2D eigenvalue weighted by molar-refractivity contribution is 7.16. The van der Waals surface area contributed by atoms with Crippen LogP contribution in [0.1, 0.15) is 28.5 Å². The summed E-state index contributed by atoms with van der Waals surface area (Å²) in [6.07, 6.45) is 1.92. The molecule has 3 rings (SSSR count). The molecule has 0 aliphatic heterocycles. The van der Waals surface area contributed by atoms with Gasteiger partial charge in [0.1, 0.15) is 5.82 Å². The number of thiophene rings is 1. The van der Waals surface area contributed by atoms with Crippen LogP contribution in [-0.2, 0) is 6.42 Å². The van der Waals surface area contributed by atoms with E-state index in [0.717, 1.165) is 17.2 Å². The van der Waals surface area contributed by atoms with Crippen molar-refractivity contribution in [3.05, 3.63) is 50.4 Å². The zero-order valence-corrected chi connectivity index (χ0v) is 11.5. The number of nitrogens with zero attached hydrogens (tertiary/aromatic N) is 1. The van der Waals surface area contributed by atoms with Crippen LogP contribution in [0.3, 0.4) is 0 Å². The fourth-order valence-corrected chi connectivity index (χ4v) is 3.73. The lowest BCUT2D eigenvalue weighted by Gasteiger charge is -2.15. The zero-order chi connectivity index (χ0) is 13.4. The van der Waals surface area contributed by atoms with Gasteiger partial charge in [-0.25, -0.2) is 4.39 Å². The third kappa shape index (κ3) is 2.32. The summed E-state index contributed by atoms with van der Waals surface area (Å²) in [5.41, 5.74) is 1.92. The van der Waals surface area contributed by atoms with Gasteiger partial charge in [-0.2, -0.15) is 5.26 Å². The number of hydrogen-bond acceptors (Lipinski definition) is 3. The highest BCUT2D eigenvalue weighted by Crippen LogP contribution is 2.41. The second kappa shape index (κ2) is 4.84. The van der Waals surface area contributed by atoms with E-state index >= 15 is 0 Å². The van der Waals surface area contributed by atoms with E-state index in [1.54, 1.807) is 23.5 Å². The van der Waals surface area contributed by atoms with Crippen molar-refractivity contribution < 1.29 is 4.39 Å². The molecule has 1 unspecified atom stereocenters. The zero-order valence-electron chi connectivity index (χ0n) is 9.91. The molecule has 1 aromatic heterocycles. The van der Waals surface area contributed by atoms with Crippen LogP contribution in [0.15, 0.2) is 24.3 Å². The van der Waals surface area contributed by atoms with Gasteiger partial charge in [0.05, 0.1) is 27.7 Å². The van der Waals surface area contributed by atoms with Crippen molar-refractivity contribution in [1.29, 1.82) is 5.26 Å². The standard InChI is InChI=1S/C14H10ClFN2S/c15-14-6-9-11(3-4-13(9)19-14)18-12-2-1-8(7-17)5-10(12)16/h1-2,5-6,11,18H,3-4H2. The van der Waals surface area contributed by atoms with Crippen molar-refractivity contribution in [2.24, 2.45) is 0 Å². The number of nitriles is 1. The molecule has 1 aromatic carbocycles. The van der Waals surface area contributed by atoms with Crippen molar-refractivity contribution in [3.8, 4) is 6.07 Å². The predicted octanol–water partition coefficient (Wildman–Crippen LogP) is 4.51. The molecule has 0 amide bonds. The maximum atomic E-state index is 13.8. The lowest BCUT2D eigenvalue weighted by atomic mass is 10.1. The van der Waals surface area contributed by atoms with Crippen LogP contribution in [0.4, 0.5) is 10.1 Å². The summed E-state index contributed by atoms with van der Waals surface area (Å²) in [5, 5.41) is 11.9. The number of nitrogens with one attached hydrogen (secondary N) is 1. The molecule has 0 saturated carbocycles. The molecule has 0 bridgehead atoms. The molecule has 1 N–H and O–H groups in total. The Morgan fingerprint density at radius 1 is 1.42 bits per heavy atom. The molecule has 1 heterocycles. The van der Waals surface area contributed by atoms with E-state index in [4.69, 9.17) is 16.9 Å². The number of halogens is 2. The van der Waals surface area contributed by atoms with Crippen LogP contribution in [-0.4, -0.2) is 0 Å². The monoisotopic (exact) mass is 292 g/mol.